The smallest absolute Gasteiger partial charge is 0.328 e. The highest BCUT2D eigenvalue weighted by Gasteiger charge is 2.05. The first-order valence-electron chi connectivity index (χ1n) is 6.30. The number of hydrogen-bond donors (Lipinski definition) is 1. The van der Waals surface area contributed by atoms with Crippen LogP contribution in [0.1, 0.15) is 18.3 Å². The van der Waals surface area contributed by atoms with Crippen LogP contribution in [0.15, 0.2) is 35.1 Å². The number of ether oxygens (including phenoxy) is 1. The zero-order chi connectivity index (χ0) is 15.2. The number of carbonyl (C=O) groups is 1. The molecule has 0 fully saturated rings. The topological polar surface area (TPSA) is 77.2 Å². The Bertz CT molecular complexity index is 667. The Morgan fingerprint density at radius 1 is 1.52 bits per heavy atom. The van der Waals surface area contributed by atoms with Gasteiger partial charge in [0.1, 0.15) is 18.7 Å². The molecule has 0 atom stereocenters. The molecule has 0 amide bonds. The highest BCUT2D eigenvalue weighted by Crippen LogP contribution is 2.24. The van der Waals surface area contributed by atoms with Crippen LogP contribution < -0.4 is 4.74 Å². The molecule has 0 radical (unpaired) electrons. The monoisotopic (exact) mass is 351 g/mol. The summed E-state index contributed by atoms with van der Waals surface area (Å²) in [7, 11) is 0. The van der Waals surface area contributed by atoms with Gasteiger partial charge in [0.05, 0.1) is 0 Å². The summed E-state index contributed by atoms with van der Waals surface area (Å²) in [6.07, 6.45) is 4.08. The van der Waals surface area contributed by atoms with Crippen LogP contribution in [-0.2, 0) is 17.9 Å². The Labute approximate surface area is 130 Å². The van der Waals surface area contributed by atoms with Gasteiger partial charge < -0.3 is 9.84 Å². The van der Waals surface area contributed by atoms with Crippen LogP contribution in [0.3, 0.4) is 0 Å². The normalized spacial score (nSPS) is 11.0. The number of nitrogens with zero attached hydrogens (tertiary/aromatic N) is 3. The Morgan fingerprint density at radius 2 is 2.33 bits per heavy atom. The molecule has 1 N–H and O–H groups in total. The average molecular weight is 352 g/mol. The molecule has 110 valence electrons. The van der Waals surface area contributed by atoms with Gasteiger partial charge in [-0.25, -0.2) is 14.5 Å². The number of carboxylic acids is 1. The third-order valence-electron chi connectivity index (χ3n) is 2.74. The minimum absolute atomic E-state index is 0.303. The van der Waals surface area contributed by atoms with Gasteiger partial charge in [-0.15, -0.1) is 0 Å². The first-order chi connectivity index (χ1) is 10.1. The lowest BCUT2D eigenvalue weighted by atomic mass is 10.2. The van der Waals surface area contributed by atoms with Crippen molar-refractivity contribution in [1.82, 2.24) is 14.8 Å². The number of aromatic nitrogens is 3. The van der Waals surface area contributed by atoms with Crippen molar-refractivity contribution in [3.8, 4) is 5.75 Å². The standard InChI is InChI=1S/C14H14BrN3O3/c1-2-18-13(16-9-17-18)8-21-11-4-5-12(15)10(7-11)3-6-14(19)20/h3-7,9H,2,8H2,1H3,(H,19,20)/b6-3+. The van der Waals surface area contributed by atoms with Gasteiger partial charge in [-0.1, -0.05) is 15.9 Å². The number of benzene rings is 1. The molecular formula is C14H14BrN3O3. The van der Waals surface area contributed by atoms with Gasteiger partial charge in [-0.2, -0.15) is 5.10 Å². The molecule has 0 unspecified atom stereocenters. The maximum Gasteiger partial charge on any atom is 0.328 e. The Hall–Kier alpha value is -2.15. The van der Waals surface area contributed by atoms with Crippen molar-refractivity contribution in [2.24, 2.45) is 0 Å². The van der Waals surface area contributed by atoms with Gasteiger partial charge in [-0.05, 0) is 36.8 Å². The van der Waals surface area contributed by atoms with Gasteiger partial charge in [0.25, 0.3) is 0 Å². The Balaban J connectivity index is 2.10. The zero-order valence-corrected chi connectivity index (χ0v) is 12.9. The second-order valence-corrected chi connectivity index (χ2v) is 4.99. The Morgan fingerprint density at radius 3 is 3.05 bits per heavy atom. The molecule has 0 saturated carbocycles. The van der Waals surface area contributed by atoms with E-state index in [1.807, 2.05) is 6.92 Å². The number of aliphatic carboxylic acids is 1. The van der Waals surface area contributed by atoms with E-state index in [9.17, 15) is 4.79 Å². The molecule has 7 heteroatoms. The van der Waals surface area contributed by atoms with E-state index in [0.717, 1.165) is 28.5 Å². The molecule has 1 aromatic carbocycles. The summed E-state index contributed by atoms with van der Waals surface area (Å²) in [6, 6.07) is 5.37. The number of halogens is 1. The molecule has 0 bridgehead atoms. The van der Waals surface area contributed by atoms with Crippen molar-refractivity contribution in [3.63, 3.8) is 0 Å². The molecule has 1 aromatic heterocycles. The summed E-state index contributed by atoms with van der Waals surface area (Å²) in [5, 5.41) is 12.7. The zero-order valence-electron chi connectivity index (χ0n) is 11.4. The summed E-state index contributed by atoms with van der Waals surface area (Å²) in [4.78, 5) is 14.7. The van der Waals surface area contributed by atoms with Gasteiger partial charge >= 0.3 is 5.97 Å². The molecular weight excluding hydrogens is 338 g/mol. The van der Waals surface area contributed by atoms with Gasteiger partial charge in [0, 0.05) is 17.1 Å². The third kappa shape index (κ3) is 4.16. The molecule has 21 heavy (non-hydrogen) atoms. The molecule has 0 aliphatic heterocycles. The van der Waals surface area contributed by atoms with Crippen LogP contribution in [0, 0.1) is 0 Å². The predicted octanol–water partition coefficient (Wildman–Crippen LogP) is 2.74. The van der Waals surface area contributed by atoms with E-state index in [-0.39, 0.29) is 0 Å². The average Bonchev–Trinajstić information content (AvgIpc) is 2.92. The fourth-order valence-electron chi connectivity index (χ4n) is 1.71. The first kappa shape index (κ1) is 15.2. The second-order valence-electron chi connectivity index (χ2n) is 4.14. The third-order valence-corrected chi connectivity index (χ3v) is 3.46. The lowest BCUT2D eigenvalue weighted by Crippen LogP contribution is -2.07. The van der Waals surface area contributed by atoms with Crippen LogP contribution in [0.25, 0.3) is 6.08 Å². The summed E-state index contributed by atoms with van der Waals surface area (Å²) in [6.45, 7) is 3.01. The number of carboxylic acid groups (broad SMARTS) is 1. The molecule has 1 heterocycles. The van der Waals surface area contributed by atoms with E-state index in [0.29, 0.717) is 12.4 Å². The predicted molar refractivity (Wildman–Crippen MR) is 80.8 cm³/mol. The van der Waals surface area contributed by atoms with E-state index in [2.05, 4.69) is 26.0 Å². The molecule has 2 aromatic rings. The summed E-state index contributed by atoms with van der Waals surface area (Å²) in [5.41, 5.74) is 0.729. The first-order valence-corrected chi connectivity index (χ1v) is 7.09. The van der Waals surface area contributed by atoms with E-state index in [1.165, 1.54) is 12.4 Å². The van der Waals surface area contributed by atoms with E-state index < -0.39 is 5.97 Å². The van der Waals surface area contributed by atoms with Crippen molar-refractivity contribution in [3.05, 3.63) is 46.5 Å². The van der Waals surface area contributed by atoms with Crippen molar-refractivity contribution >= 4 is 28.0 Å². The SMILES string of the molecule is CCn1ncnc1COc1ccc(Br)c(/C=C/C(=O)O)c1. The summed E-state index contributed by atoms with van der Waals surface area (Å²) < 4.78 is 8.22. The fraction of sp³-hybridized carbons (Fsp3) is 0.214. The molecule has 2 rings (SSSR count). The molecule has 0 aliphatic carbocycles. The maximum atomic E-state index is 10.6. The van der Waals surface area contributed by atoms with E-state index >= 15 is 0 Å². The summed E-state index contributed by atoms with van der Waals surface area (Å²) in [5.74, 6) is 0.376. The van der Waals surface area contributed by atoms with Crippen molar-refractivity contribution in [2.45, 2.75) is 20.1 Å². The lowest BCUT2D eigenvalue weighted by molar-refractivity contribution is -0.131. The second kappa shape index (κ2) is 7.03. The number of rotatable bonds is 6. The van der Waals surface area contributed by atoms with Crippen LogP contribution in [-0.4, -0.2) is 25.8 Å². The van der Waals surface area contributed by atoms with Crippen LogP contribution in [0.5, 0.6) is 5.75 Å². The largest absolute Gasteiger partial charge is 0.486 e. The maximum absolute atomic E-state index is 10.6. The molecule has 6 nitrogen and oxygen atoms in total. The van der Waals surface area contributed by atoms with Crippen molar-refractivity contribution < 1.29 is 14.6 Å². The quantitative estimate of drug-likeness (QED) is 0.809. The minimum atomic E-state index is -0.996. The van der Waals surface area contributed by atoms with Crippen LogP contribution in [0.2, 0.25) is 0 Å². The van der Waals surface area contributed by atoms with Gasteiger partial charge in [0.2, 0.25) is 0 Å². The van der Waals surface area contributed by atoms with Crippen molar-refractivity contribution in [2.75, 3.05) is 0 Å². The fourth-order valence-corrected chi connectivity index (χ4v) is 2.09. The van der Waals surface area contributed by atoms with E-state index in [4.69, 9.17) is 9.84 Å². The number of hydrogen-bond acceptors (Lipinski definition) is 4. The van der Waals surface area contributed by atoms with Gasteiger partial charge in [-0.3, -0.25) is 0 Å². The van der Waals surface area contributed by atoms with Crippen molar-refractivity contribution in [1.29, 1.82) is 0 Å². The summed E-state index contributed by atoms with van der Waals surface area (Å²) >= 11 is 3.37. The van der Waals surface area contributed by atoms with Crippen LogP contribution >= 0.6 is 15.9 Å². The van der Waals surface area contributed by atoms with E-state index in [1.54, 1.807) is 22.9 Å². The van der Waals surface area contributed by atoms with Crippen LogP contribution in [0.4, 0.5) is 0 Å². The highest BCUT2D eigenvalue weighted by atomic mass is 79.9. The minimum Gasteiger partial charge on any atom is -0.486 e. The molecule has 0 saturated heterocycles. The molecule has 0 spiro atoms. The van der Waals surface area contributed by atoms with Gasteiger partial charge in [0.15, 0.2) is 5.82 Å². The molecule has 0 aliphatic rings. The highest BCUT2D eigenvalue weighted by molar-refractivity contribution is 9.10. The lowest BCUT2D eigenvalue weighted by Gasteiger charge is -2.08. The Kier molecular flexibility index (Phi) is 5.10. The number of aryl methyl sites for hydroxylation is 1.